The number of piperidine rings is 2. The molecular weight excluding hydrogens is 531 g/mol. The van der Waals surface area contributed by atoms with Crippen LogP contribution in [0.4, 0.5) is 20.5 Å². The minimum atomic E-state index is -1.02. The highest BCUT2D eigenvalue weighted by Crippen LogP contribution is 2.38. The van der Waals surface area contributed by atoms with Crippen molar-refractivity contribution in [2.45, 2.75) is 56.6 Å². The average Bonchev–Trinajstić information content (AvgIpc) is 2.91. The van der Waals surface area contributed by atoms with Gasteiger partial charge in [0.15, 0.2) is 5.06 Å². The predicted octanol–water partition coefficient (Wildman–Crippen LogP) is 6.67. The fraction of sp³-hybridized carbons (Fsp3) is 0.500. The molecule has 0 saturated carbocycles. The van der Waals surface area contributed by atoms with E-state index in [1.807, 2.05) is 6.92 Å². The van der Waals surface area contributed by atoms with Crippen LogP contribution in [0.25, 0.3) is 11.1 Å². The number of alkyl halides is 1. The molecule has 2 fully saturated rings. The summed E-state index contributed by atoms with van der Waals surface area (Å²) in [4.78, 5) is 14.2. The first-order chi connectivity index (χ1) is 18.3. The molecule has 0 amide bonds. The molecule has 38 heavy (non-hydrogen) atoms. The number of ether oxygens (including phenoxy) is 1. The number of likely N-dealkylation sites (tertiary alicyclic amines) is 1. The van der Waals surface area contributed by atoms with Crippen molar-refractivity contribution in [2.24, 2.45) is 0 Å². The topological polar surface area (TPSA) is 53.5 Å². The predicted molar refractivity (Wildman–Crippen MR) is 149 cm³/mol. The summed E-state index contributed by atoms with van der Waals surface area (Å²) in [5.41, 5.74) is 1.19. The van der Waals surface area contributed by atoms with Gasteiger partial charge in [0.2, 0.25) is 5.95 Å². The minimum absolute atomic E-state index is 0.196. The van der Waals surface area contributed by atoms with E-state index >= 15 is 0 Å². The number of halogens is 4. The lowest BCUT2D eigenvalue weighted by Gasteiger charge is -2.40. The van der Waals surface area contributed by atoms with Crippen molar-refractivity contribution in [3.05, 3.63) is 58.9 Å². The number of benzene rings is 1. The van der Waals surface area contributed by atoms with Crippen LogP contribution in [0.2, 0.25) is 0 Å². The molecule has 1 aliphatic carbocycles. The summed E-state index contributed by atoms with van der Waals surface area (Å²) in [5, 5.41) is 2.71. The van der Waals surface area contributed by atoms with E-state index in [2.05, 4.69) is 20.1 Å². The minimum Gasteiger partial charge on any atom is -0.356 e. The maximum absolute atomic E-state index is 14.8. The Kier molecular flexibility index (Phi) is 8.53. The van der Waals surface area contributed by atoms with Crippen LogP contribution in [0, 0.1) is 11.6 Å². The summed E-state index contributed by atoms with van der Waals surface area (Å²) in [6, 6.07) is 4.06. The molecule has 1 aromatic carbocycles. The van der Waals surface area contributed by atoms with Gasteiger partial charge in [-0.05, 0) is 70.0 Å². The summed E-state index contributed by atoms with van der Waals surface area (Å²) in [5.74, 6) is -0.393. The molecule has 5 rings (SSSR count). The van der Waals surface area contributed by atoms with Gasteiger partial charge in [-0.1, -0.05) is 29.6 Å². The lowest BCUT2D eigenvalue weighted by atomic mass is 10.00. The number of rotatable bonds is 7. The SMILES string of the molecule is CCOC1(Cl)C=CC(Nc2nc(N3CCC(N4CCCCC4)CC3)ncc2-c2ccc(F)cc2F)=C(Cl)C1. The van der Waals surface area contributed by atoms with Gasteiger partial charge in [-0.3, -0.25) is 0 Å². The van der Waals surface area contributed by atoms with Crippen LogP contribution in [0.3, 0.4) is 0 Å². The molecule has 0 spiro atoms. The van der Waals surface area contributed by atoms with E-state index in [1.165, 1.54) is 44.5 Å². The second kappa shape index (κ2) is 11.9. The third kappa shape index (κ3) is 6.14. The van der Waals surface area contributed by atoms with E-state index in [0.29, 0.717) is 40.7 Å². The summed E-state index contributed by atoms with van der Waals surface area (Å²) >= 11 is 13.1. The highest BCUT2D eigenvalue weighted by atomic mass is 35.5. The fourth-order valence-corrected chi connectivity index (χ4v) is 6.16. The smallest absolute Gasteiger partial charge is 0.227 e. The van der Waals surface area contributed by atoms with Crippen molar-refractivity contribution in [1.29, 1.82) is 0 Å². The lowest BCUT2D eigenvalue weighted by molar-refractivity contribution is 0.0640. The van der Waals surface area contributed by atoms with Crippen molar-refractivity contribution in [1.82, 2.24) is 14.9 Å². The van der Waals surface area contributed by atoms with Gasteiger partial charge in [0.25, 0.3) is 0 Å². The van der Waals surface area contributed by atoms with Crippen molar-refractivity contribution < 1.29 is 13.5 Å². The van der Waals surface area contributed by atoms with Crippen molar-refractivity contribution >= 4 is 35.0 Å². The molecule has 1 N–H and O–H groups in total. The van der Waals surface area contributed by atoms with Gasteiger partial charge in [0, 0.05) is 60.6 Å². The molecule has 2 aromatic rings. The molecule has 204 valence electrons. The van der Waals surface area contributed by atoms with Gasteiger partial charge in [-0.25, -0.2) is 13.8 Å². The summed E-state index contributed by atoms with van der Waals surface area (Å²) < 4.78 is 34.1. The zero-order valence-corrected chi connectivity index (χ0v) is 23.0. The van der Waals surface area contributed by atoms with Crippen molar-refractivity contribution in [3.63, 3.8) is 0 Å². The molecule has 1 unspecified atom stereocenters. The maximum Gasteiger partial charge on any atom is 0.227 e. The number of nitrogens with zero attached hydrogens (tertiary/aromatic N) is 4. The Bertz CT molecular complexity index is 1210. The molecule has 1 atom stereocenters. The average molecular weight is 565 g/mol. The Morgan fingerprint density at radius 3 is 2.55 bits per heavy atom. The standard InChI is InChI=1S/C28H33Cl2F2N5O/c1-2-38-28(30)11-8-25(23(29)17-28)34-26-22(21-7-6-19(31)16-24(21)32)18-33-27(35-26)37-14-9-20(10-15-37)36-12-4-3-5-13-36/h6-8,11,16,18,20H,2-5,9-10,12-15,17H2,1H3,(H,33,34,35). The molecule has 6 nitrogen and oxygen atoms in total. The molecular formula is C28H33Cl2F2N5O. The summed E-state index contributed by atoms with van der Waals surface area (Å²) in [6.07, 6.45) is 11.3. The van der Waals surface area contributed by atoms with Gasteiger partial charge in [0.1, 0.15) is 17.5 Å². The molecule has 0 bridgehead atoms. The molecule has 2 saturated heterocycles. The third-order valence-corrected chi connectivity index (χ3v) is 8.18. The normalized spacial score (nSPS) is 23.2. The van der Waals surface area contributed by atoms with E-state index in [-0.39, 0.29) is 12.0 Å². The maximum atomic E-state index is 14.8. The lowest BCUT2D eigenvalue weighted by Crippen LogP contribution is -2.47. The quantitative estimate of drug-likeness (QED) is 0.379. The Morgan fingerprint density at radius 2 is 1.87 bits per heavy atom. The van der Waals surface area contributed by atoms with Crippen LogP contribution >= 0.6 is 23.2 Å². The fourth-order valence-electron chi connectivity index (χ4n) is 5.48. The molecule has 0 radical (unpaired) electrons. The van der Waals surface area contributed by atoms with E-state index < -0.39 is 16.7 Å². The second-order valence-corrected chi connectivity index (χ2v) is 11.1. The number of hydrogen-bond acceptors (Lipinski definition) is 6. The third-order valence-electron chi connectivity index (χ3n) is 7.48. The van der Waals surface area contributed by atoms with Gasteiger partial charge in [0.05, 0.1) is 5.70 Å². The van der Waals surface area contributed by atoms with Crippen LogP contribution in [-0.4, -0.2) is 58.8 Å². The van der Waals surface area contributed by atoms with Gasteiger partial charge < -0.3 is 19.9 Å². The Balaban J connectivity index is 1.41. The number of aromatic nitrogens is 2. The largest absolute Gasteiger partial charge is 0.356 e. The van der Waals surface area contributed by atoms with Crippen LogP contribution < -0.4 is 10.2 Å². The number of nitrogens with one attached hydrogen (secondary N) is 1. The number of hydrogen-bond donors (Lipinski definition) is 1. The Morgan fingerprint density at radius 1 is 1.11 bits per heavy atom. The molecule has 3 heterocycles. The molecule has 2 aliphatic heterocycles. The van der Waals surface area contributed by atoms with Crippen LogP contribution in [-0.2, 0) is 4.74 Å². The van der Waals surface area contributed by atoms with E-state index in [9.17, 15) is 8.78 Å². The second-order valence-electron chi connectivity index (χ2n) is 10.0. The number of allylic oxidation sites excluding steroid dienone is 1. The van der Waals surface area contributed by atoms with E-state index in [4.69, 9.17) is 32.9 Å². The van der Waals surface area contributed by atoms with Gasteiger partial charge >= 0.3 is 0 Å². The summed E-state index contributed by atoms with van der Waals surface area (Å²) in [7, 11) is 0. The first-order valence-corrected chi connectivity index (χ1v) is 14.1. The highest BCUT2D eigenvalue weighted by molar-refractivity contribution is 6.32. The molecule has 3 aliphatic rings. The van der Waals surface area contributed by atoms with Crippen molar-refractivity contribution in [3.8, 4) is 11.1 Å². The number of anilines is 2. The molecule has 10 heteroatoms. The van der Waals surface area contributed by atoms with Gasteiger partial charge in [-0.2, -0.15) is 4.98 Å². The zero-order chi connectivity index (χ0) is 26.7. The zero-order valence-electron chi connectivity index (χ0n) is 21.5. The summed E-state index contributed by atoms with van der Waals surface area (Å²) in [6.45, 7) is 6.37. The van der Waals surface area contributed by atoms with E-state index in [0.717, 1.165) is 32.0 Å². The Labute approximate surface area is 232 Å². The van der Waals surface area contributed by atoms with Crippen LogP contribution in [0.1, 0.15) is 45.4 Å². The van der Waals surface area contributed by atoms with Gasteiger partial charge in [-0.15, -0.1) is 0 Å². The highest BCUT2D eigenvalue weighted by Gasteiger charge is 2.31. The van der Waals surface area contributed by atoms with Crippen molar-refractivity contribution in [2.75, 3.05) is 43.0 Å². The van der Waals surface area contributed by atoms with E-state index in [1.54, 1.807) is 18.3 Å². The first kappa shape index (κ1) is 27.3. The Hall–Kier alpha value is -2.26. The first-order valence-electron chi connectivity index (χ1n) is 13.3. The van der Waals surface area contributed by atoms with Crippen LogP contribution in [0.15, 0.2) is 47.3 Å². The van der Waals surface area contributed by atoms with Crippen LogP contribution in [0.5, 0.6) is 0 Å². The molecule has 1 aromatic heterocycles. The monoisotopic (exact) mass is 563 g/mol.